The highest BCUT2D eigenvalue weighted by Crippen LogP contribution is 2.27. The Bertz CT molecular complexity index is 528. The average molecular weight is 593 g/mol. The second-order valence-corrected chi connectivity index (χ2v) is 13.2. The van der Waals surface area contributed by atoms with E-state index in [1.54, 1.807) is 0 Å². The molecule has 0 bridgehead atoms. The first kappa shape index (κ1) is 41.4. The standard InChI is InChI=1S/C39H76O3/c1-3-5-7-9-11-13-15-17-19-21-23-25-27-29-31-33-35-39(42,38(41)37-40)36-34-32-30-28-26-24-22-20-18-16-14-12-10-8-6-4-2/h17-20,38,40-42H,3-16,21-37H2,1-2H3/t38-,39?/m0/s1. The predicted octanol–water partition coefficient (Wildman–Crippen LogP) is 11.9. The normalized spacial score (nSPS) is 14.3. The molecule has 0 spiro atoms. The Kier molecular flexibility index (Phi) is 32.8. The van der Waals surface area contributed by atoms with Crippen LogP contribution in [-0.2, 0) is 0 Å². The molecule has 42 heavy (non-hydrogen) atoms. The minimum absolute atomic E-state index is 0.352. The molecule has 0 unspecified atom stereocenters. The Hall–Kier alpha value is -0.640. The Labute approximate surface area is 264 Å². The second-order valence-electron chi connectivity index (χ2n) is 13.2. The number of hydrogen-bond donors (Lipinski definition) is 3. The van der Waals surface area contributed by atoms with Gasteiger partial charge in [-0.2, -0.15) is 0 Å². The molecule has 0 fully saturated rings. The number of rotatable bonds is 34. The van der Waals surface area contributed by atoms with Crippen LogP contribution in [0, 0.1) is 0 Å². The summed E-state index contributed by atoms with van der Waals surface area (Å²) in [5.41, 5.74) is -1.13. The molecule has 0 aliphatic rings. The monoisotopic (exact) mass is 593 g/mol. The summed E-state index contributed by atoms with van der Waals surface area (Å²) in [6, 6.07) is 0. The van der Waals surface area contributed by atoms with Crippen molar-refractivity contribution >= 4 is 0 Å². The van der Waals surface area contributed by atoms with Crippen molar-refractivity contribution in [2.45, 2.75) is 218 Å². The number of aliphatic hydroxyl groups excluding tert-OH is 2. The predicted molar refractivity (Wildman–Crippen MR) is 186 cm³/mol. The summed E-state index contributed by atoms with van der Waals surface area (Å²) in [5.74, 6) is 0. The molecule has 3 N–H and O–H groups in total. The van der Waals surface area contributed by atoms with Crippen molar-refractivity contribution in [2.24, 2.45) is 0 Å². The second kappa shape index (κ2) is 33.3. The zero-order chi connectivity index (χ0) is 30.8. The van der Waals surface area contributed by atoms with Gasteiger partial charge < -0.3 is 15.3 Å². The third-order valence-corrected chi connectivity index (χ3v) is 9.04. The highest BCUT2D eigenvalue weighted by Gasteiger charge is 2.33. The van der Waals surface area contributed by atoms with Crippen molar-refractivity contribution in [3.8, 4) is 0 Å². The van der Waals surface area contributed by atoms with E-state index in [2.05, 4.69) is 38.2 Å². The van der Waals surface area contributed by atoms with Crippen LogP contribution >= 0.6 is 0 Å². The van der Waals surface area contributed by atoms with Crippen LogP contribution in [0.15, 0.2) is 24.3 Å². The molecule has 0 aliphatic carbocycles. The van der Waals surface area contributed by atoms with Gasteiger partial charge >= 0.3 is 0 Å². The zero-order valence-corrected chi connectivity index (χ0v) is 28.6. The van der Waals surface area contributed by atoms with Crippen LogP contribution in [-0.4, -0.2) is 33.6 Å². The number of allylic oxidation sites excluding steroid dienone is 4. The molecule has 0 heterocycles. The lowest BCUT2D eigenvalue weighted by molar-refractivity contribution is -0.106. The maximum Gasteiger partial charge on any atom is 0.106 e. The van der Waals surface area contributed by atoms with E-state index in [9.17, 15) is 15.3 Å². The highest BCUT2D eigenvalue weighted by atomic mass is 16.4. The smallest absolute Gasteiger partial charge is 0.106 e. The van der Waals surface area contributed by atoms with Crippen molar-refractivity contribution in [1.29, 1.82) is 0 Å². The molecule has 0 aliphatic heterocycles. The first-order valence-electron chi connectivity index (χ1n) is 18.9. The maximum absolute atomic E-state index is 11.1. The fourth-order valence-corrected chi connectivity index (χ4v) is 5.99. The van der Waals surface area contributed by atoms with Gasteiger partial charge in [-0.3, -0.25) is 0 Å². The molecule has 1 atom stereocenters. The van der Waals surface area contributed by atoms with Crippen molar-refractivity contribution in [3.05, 3.63) is 24.3 Å². The quantitative estimate of drug-likeness (QED) is 0.0514. The van der Waals surface area contributed by atoms with E-state index in [0.717, 1.165) is 25.7 Å². The van der Waals surface area contributed by atoms with Gasteiger partial charge in [-0.1, -0.05) is 167 Å². The highest BCUT2D eigenvalue weighted by molar-refractivity contribution is 4.86. The Morgan fingerprint density at radius 1 is 0.429 bits per heavy atom. The molecular formula is C39H76O3. The topological polar surface area (TPSA) is 60.7 Å². The molecule has 0 radical (unpaired) electrons. The van der Waals surface area contributed by atoms with Crippen molar-refractivity contribution in [2.75, 3.05) is 6.61 Å². The van der Waals surface area contributed by atoms with Gasteiger partial charge in [0.1, 0.15) is 6.10 Å². The van der Waals surface area contributed by atoms with E-state index < -0.39 is 11.7 Å². The van der Waals surface area contributed by atoms with Crippen molar-refractivity contribution < 1.29 is 15.3 Å². The van der Waals surface area contributed by atoms with Crippen LogP contribution in [0.3, 0.4) is 0 Å². The summed E-state index contributed by atoms with van der Waals surface area (Å²) in [6.45, 7) is 4.19. The minimum atomic E-state index is -1.13. The lowest BCUT2D eigenvalue weighted by atomic mass is 9.85. The number of unbranched alkanes of at least 4 members (excludes halogenated alkanes) is 24. The Balaban J connectivity index is 3.71. The summed E-state index contributed by atoms with van der Waals surface area (Å²) in [4.78, 5) is 0. The van der Waals surface area contributed by atoms with Crippen LogP contribution < -0.4 is 0 Å². The van der Waals surface area contributed by atoms with Crippen LogP contribution in [0.2, 0.25) is 0 Å². The fraction of sp³-hybridized carbons (Fsp3) is 0.897. The first-order chi connectivity index (χ1) is 20.6. The third-order valence-electron chi connectivity index (χ3n) is 9.04. The number of hydrogen-bond acceptors (Lipinski definition) is 3. The fourth-order valence-electron chi connectivity index (χ4n) is 5.99. The molecule has 0 aromatic carbocycles. The lowest BCUT2D eigenvalue weighted by Gasteiger charge is -2.32. The molecule has 0 aromatic rings. The average Bonchev–Trinajstić information content (AvgIpc) is 3.00. The van der Waals surface area contributed by atoms with E-state index in [1.165, 1.54) is 154 Å². The van der Waals surface area contributed by atoms with Crippen LogP contribution in [0.25, 0.3) is 0 Å². The van der Waals surface area contributed by atoms with Gasteiger partial charge in [0, 0.05) is 0 Å². The van der Waals surface area contributed by atoms with Gasteiger partial charge in [0.2, 0.25) is 0 Å². The molecule has 0 rings (SSSR count). The zero-order valence-electron chi connectivity index (χ0n) is 28.6. The molecule has 0 amide bonds. The van der Waals surface area contributed by atoms with E-state index in [0.29, 0.717) is 12.8 Å². The van der Waals surface area contributed by atoms with Gasteiger partial charge in [-0.25, -0.2) is 0 Å². The molecule has 0 aromatic heterocycles. The van der Waals surface area contributed by atoms with Crippen molar-refractivity contribution in [1.82, 2.24) is 0 Å². The molecule has 3 nitrogen and oxygen atoms in total. The Morgan fingerprint density at radius 2 is 0.690 bits per heavy atom. The first-order valence-corrected chi connectivity index (χ1v) is 18.9. The van der Waals surface area contributed by atoms with Gasteiger partial charge in [0.05, 0.1) is 12.2 Å². The van der Waals surface area contributed by atoms with E-state index in [4.69, 9.17) is 0 Å². The largest absolute Gasteiger partial charge is 0.394 e. The molecule has 0 saturated heterocycles. The minimum Gasteiger partial charge on any atom is -0.394 e. The number of aliphatic hydroxyl groups is 3. The SMILES string of the molecule is CCCCCCCCC=CCCCCCCCCC(O)(CCCCCCCCC=CCCCCCCCC)[C@@H](O)CO. The molecule has 250 valence electrons. The van der Waals surface area contributed by atoms with Gasteiger partial charge in [0.15, 0.2) is 0 Å². The maximum atomic E-state index is 11.1. The molecular weight excluding hydrogens is 516 g/mol. The van der Waals surface area contributed by atoms with Gasteiger partial charge in [-0.15, -0.1) is 0 Å². The molecule has 3 heteroatoms. The summed E-state index contributed by atoms with van der Waals surface area (Å²) in [6.07, 6.45) is 45.1. The van der Waals surface area contributed by atoms with Crippen LogP contribution in [0.5, 0.6) is 0 Å². The van der Waals surface area contributed by atoms with Crippen molar-refractivity contribution in [3.63, 3.8) is 0 Å². The Morgan fingerprint density at radius 3 is 0.976 bits per heavy atom. The summed E-state index contributed by atoms with van der Waals surface area (Å²) < 4.78 is 0. The third kappa shape index (κ3) is 28.1. The summed E-state index contributed by atoms with van der Waals surface area (Å²) in [5, 5.41) is 30.9. The summed E-state index contributed by atoms with van der Waals surface area (Å²) >= 11 is 0. The van der Waals surface area contributed by atoms with Crippen LogP contribution in [0.4, 0.5) is 0 Å². The van der Waals surface area contributed by atoms with E-state index >= 15 is 0 Å². The van der Waals surface area contributed by atoms with E-state index in [-0.39, 0.29) is 6.61 Å². The summed E-state index contributed by atoms with van der Waals surface area (Å²) in [7, 11) is 0. The van der Waals surface area contributed by atoms with Gasteiger partial charge in [-0.05, 0) is 64.2 Å². The van der Waals surface area contributed by atoms with E-state index in [1.807, 2.05) is 0 Å². The lowest BCUT2D eigenvalue weighted by Crippen LogP contribution is -2.44. The van der Waals surface area contributed by atoms with Crippen LogP contribution in [0.1, 0.15) is 206 Å². The molecule has 0 saturated carbocycles. The van der Waals surface area contributed by atoms with Gasteiger partial charge in [0.25, 0.3) is 0 Å².